The van der Waals surface area contributed by atoms with E-state index in [1.165, 1.54) is 0 Å². The predicted octanol–water partition coefficient (Wildman–Crippen LogP) is 2.80. The molecule has 16 heavy (non-hydrogen) atoms. The summed E-state index contributed by atoms with van der Waals surface area (Å²) in [7, 11) is 0. The molecule has 0 aromatic heterocycles. The second-order valence-electron chi connectivity index (χ2n) is 4.99. The van der Waals surface area contributed by atoms with E-state index in [1.54, 1.807) is 20.8 Å². The number of rotatable bonds is 4. The van der Waals surface area contributed by atoms with Crippen LogP contribution in [0.25, 0.3) is 0 Å². The average Bonchev–Trinajstić information content (AvgIpc) is 2.25. The molecule has 0 radical (unpaired) electrons. The number of Topliss-reactive ketones (excluding diaryl/α,β-unsaturated/α-hetero) is 2. The Balaban J connectivity index is 2.51. The molecule has 0 saturated carbocycles. The standard InChI is InChI=1S/C14H18O2/c1-14(2,3)13(16)12(15)10-9-11-7-5-4-6-8-11/h4-8H,9-10H2,1-3H3. The van der Waals surface area contributed by atoms with Gasteiger partial charge >= 0.3 is 0 Å². The van der Waals surface area contributed by atoms with E-state index in [0.717, 1.165) is 5.56 Å². The van der Waals surface area contributed by atoms with Crippen LogP contribution in [0.4, 0.5) is 0 Å². The summed E-state index contributed by atoms with van der Waals surface area (Å²) in [5.41, 5.74) is 0.533. The largest absolute Gasteiger partial charge is 0.291 e. The highest BCUT2D eigenvalue weighted by Gasteiger charge is 2.27. The molecule has 1 aromatic carbocycles. The molecule has 0 fully saturated rings. The van der Waals surface area contributed by atoms with Gasteiger partial charge in [-0.25, -0.2) is 0 Å². The van der Waals surface area contributed by atoms with Gasteiger partial charge in [-0.15, -0.1) is 0 Å². The summed E-state index contributed by atoms with van der Waals surface area (Å²) in [6.45, 7) is 5.32. The molecule has 2 nitrogen and oxygen atoms in total. The van der Waals surface area contributed by atoms with Gasteiger partial charge in [0.05, 0.1) is 0 Å². The third-order valence-electron chi connectivity index (χ3n) is 2.42. The molecule has 0 spiro atoms. The Bertz CT molecular complexity index is 371. The van der Waals surface area contributed by atoms with Crippen molar-refractivity contribution < 1.29 is 9.59 Å². The summed E-state index contributed by atoms with van der Waals surface area (Å²) in [5.74, 6) is -0.542. The van der Waals surface area contributed by atoms with Crippen molar-refractivity contribution >= 4 is 11.6 Å². The summed E-state index contributed by atoms with van der Waals surface area (Å²) in [6.07, 6.45) is 0.946. The maximum absolute atomic E-state index is 11.6. The van der Waals surface area contributed by atoms with Crippen LogP contribution in [-0.4, -0.2) is 11.6 Å². The van der Waals surface area contributed by atoms with Gasteiger partial charge in [-0.05, 0) is 12.0 Å². The second kappa shape index (κ2) is 5.06. The van der Waals surface area contributed by atoms with Gasteiger partial charge in [-0.3, -0.25) is 9.59 Å². The Kier molecular flexibility index (Phi) is 3.99. The van der Waals surface area contributed by atoms with Gasteiger partial charge < -0.3 is 0 Å². The minimum atomic E-state index is -0.562. The van der Waals surface area contributed by atoms with E-state index < -0.39 is 5.41 Å². The SMILES string of the molecule is CC(C)(C)C(=O)C(=O)CCc1ccccc1. The minimum absolute atomic E-state index is 0.267. The lowest BCUT2D eigenvalue weighted by molar-refractivity contribution is -0.141. The highest BCUT2D eigenvalue weighted by atomic mass is 16.2. The summed E-state index contributed by atoms with van der Waals surface area (Å²) in [5, 5.41) is 0. The van der Waals surface area contributed by atoms with Gasteiger partial charge in [0.1, 0.15) is 0 Å². The van der Waals surface area contributed by atoms with Crippen LogP contribution in [-0.2, 0) is 16.0 Å². The van der Waals surface area contributed by atoms with Crippen molar-refractivity contribution in [1.29, 1.82) is 0 Å². The highest BCUT2D eigenvalue weighted by Crippen LogP contribution is 2.16. The first-order valence-corrected chi connectivity index (χ1v) is 5.53. The molecule has 0 unspecified atom stereocenters. The van der Waals surface area contributed by atoms with Gasteiger partial charge in [0.25, 0.3) is 0 Å². The van der Waals surface area contributed by atoms with Crippen LogP contribution in [0.15, 0.2) is 30.3 Å². The highest BCUT2D eigenvalue weighted by molar-refractivity contribution is 6.38. The van der Waals surface area contributed by atoms with Crippen LogP contribution >= 0.6 is 0 Å². The summed E-state index contributed by atoms with van der Waals surface area (Å²) in [6, 6.07) is 9.74. The van der Waals surface area contributed by atoms with E-state index in [-0.39, 0.29) is 11.6 Å². The number of benzene rings is 1. The molecular weight excluding hydrogens is 200 g/mol. The van der Waals surface area contributed by atoms with E-state index >= 15 is 0 Å². The Labute approximate surface area is 96.7 Å². The Morgan fingerprint density at radius 3 is 2.12 bits per heavy atom. The third kappa shape index (κ3) is 3.61. The number of hydrogen-bond donors (Lipinski definition) is 0. The third-order valence-corrected chi connectivity index (χ3v) is 2.42. The smallest absolute Gasteiger partial charge is 0.203 e. The van der Waals surface area contributed by atoms with Gasteiger partial charge in [-0.1, -0.05) is 51.1 Å². The van der Waals surface area contributed by atoms with Crippen LogP contribution in [0.5, 0.6) is 0 Å². The molecule has 1 rings (SSSR count). The van der Waals surface area contributed by atoms with E-state index in [4.69, 9.17) is 0 Å². The van der Waals surface area contributed by atoms with Gasteiger partial charge in [0.2, 0.25) is 5.78 Å². The minimum Gasteiger partial charge on any atom is -0.291 e. The monoisotopic (exact) mass is 218 g/mol. The number of ketones is 2. The molecule has 0 aliphatic heterocycles. The molecule has 2 heteroatoms. The number of aryl methyl sites for hydroxylation is 1. The van der Waals surface area contributed by atoms with Crippen LogP contribution in [0.1, 0.15) is 32.8 Å². The van der Waals surface area contributed by atoms with Crippen LogP contribution in [0.2, 0.25) is 0 Å². The fourth-order valence-corrected chi connectivity index (χ4v) is 1.43. The van der Waals surface area contributed by atoms with E-state index in [1.807, 2.05) is 30.3 Å². The van der Waals surface area contributed by atoms with Crippen LogP contribution in [0, 0.1) is 5.41 Å². The first-order chi connectivity index (χ1) is 7.41. The number of carbonyl (C=O) groups is 2. The molecule has 0 heterocycles. The lowest BCUT2D eigenvalue weighted by atomic mass is 9.87. The fraction of sp³-hybridized carbons (Fsp3) is 0.429. The molecule has 0 N–H and O–H groups in total. The second-order valence-corrected chi connectivity index (χ2v) is 4.99. The predicted molar refractivity (Wildman–Crippen MR) is 64.2 cm³/mol. The number of hydrogen-bond acceptors (Lipinski definition) is 2. The number of carbonyl (C=O) groups excluding carboxylic acids is 2. The van der Waals surface area contributed by atoms with Crippen molar-refractivity contribution in [2.75, 3.05) is 0 Å². The molecule has 0 atom stereocenters. The Morgan fingerprint density at radius 2 is 1.62 bits per heavy atom. The quantitative estimate of drug-likeness (QED) is 0.728. The summed E-state index contributed by atoms with van der Waals surface area (Å²) >= 11 is 0. The van der Waals surface area contributed by atoms with Crippen molar-refractivity contribution in [3.05, 3.63) is 35.9 Å². The summed E-state index contributed by atoms with van der Waals surface area (Å²) in [4.78, 5) is 23.2. The zero-order valence-electron chi connectivity index (χ0n) is 10.1. The fourth-order valence-electron chi connectivity index (χ4n) is 1.43. The van der Waals surface area contributed by atoms with E-state index in [2.05, 4.69) is 0 Å². The van der Waals surface area contributed by atoms with Crippen LogP contribution in [0.3, 0.4) is 0 Å². The van der Waals surface area contributed by atoms with Gasteiger partial charge in [0, 0.05) is 11.8 Å². The van der Waals surface area contributed by atoms with Crippen molar-refractivity contribution in [2.45, 2.75) is 33.6 Å². The molecule has 0 saturated heterocycles. The lowest BCUT2D eigenvalue weighted by Gasteiger charge is -2.14. The Hall–Kier alpha value is -1.44. The first kappa shape index (κ1) is 12.6. The topological polar surface area (TPSA) is 34.1 Å². The molecule has 0 aliphatic carbocycles. The molecule has 1 aromatic rings. The van der Waals surface area contributed by atoms with Crippen molar-refractivity contribution in [3.8, 4) is 0 Å². The molecule has 0 amide bonds. The lowest BCUT2D eigenvalue weighted by Crippen LogP contribution is -2.28. The molecule has 0 aliphatic rings. The maximum Gasteiger partial charge on any atom is 0.203 e. The Morgan fingerprint density at radius 1 is 1.06 bits per heavy atom. The van der Waals surface area contributed by atoms with E-state index in [9.17, 15) is 9.59 Å². The van der Waals surface area contributed by atoms with Gasteiger partial charge in [-0.2, -0.15) is 0 Å². The normalized spacial score (nSPS) is 11.2. The molecular formula is C14H18O2. The first-order valence-electron chi connectivity index (χ1n) is 5.53. The molecule has 0 bridgehead atoms. The maximum atomic E-state index is 11.6. The zero-order valence-corrected chi connectivity index (χ0v) is 10.1. The van der Waals surface area contributed by atoms with Crippen molar-refractivity contribution in [1.82, 2.24) is 0 Å². The van der Waals surface area contributed by atoms with E-state index in [0.29, 0.717) is 12.8 Å². The zero-order chi connectivity index (χ0) is 12.2. The van der Waals surface area contributed by atoms with Gasteiger partial charge in [0.15, 0.2) is 5.78 Å². The van der Waals surface area contributed by atoms with Crippen molar-refractivity contribution in [3.63, 3.8) is 0 Å². The summed E-state index contributed by atoms with van der Waals surface area (Å²) < 4.78 is 0. The average molecular weight is 218 g/mol. The van der Waals surface area contributed by atoms with Crippen molar-refractivity contribution in [2.24, 2.45) is 5.41 Å². The molecule has 86 valence electrons. The van der Waals surface area contributed by atoms with Crippen LogP contribution < -0.4 is 0 Å².